The molecule has 2 aromatic rings. The van der Waals surface area contributed by atoms with E-state index < -0.39 is 11.6 Å². The van der Waals surface area contributed by atoms with Gasteiger partial charge in [-0.25, -0.2) is 13.8 Å². The molecule has 7 heteroatoms. The summed E-state index contributed by atoms with van der Waals surface area (Å²) >= 11 is 1.72. The Labute approximate surface area is 194 Å². The average molecular weight is 462 g/mol. The molecule has 0 unspecified atom stereocenters. The van der Waals surface area contributed by atoms with Crippen LogP contribution in [0.2, 0.25) is 0 Å². The number of rotatable bonds is 9. The first-order chi connectivity index (χ1) is 15.6. The van der Waals surface area contributed by atoms with Gasteiger partial charge in [0.15, 0.2) is 16.8 Å². The summed E-state index contributed by atoms with van der Waals surface area (Å²) in [5.41, 5.74) is 0.998. The summed E-state index contributed by atoms with van der Waals surface area (Å²) in [6.45, 7) is 6.87. The average Bonchev–Trinajstić information content (AvgIpc) is 2.82. The molecule has 1 heterocycles. The lowest BCUT2D eigenvalue weighted by molar-refractivity contribution is 0.153. The van der Waals surface area contributed by atoms with Crippen LogP contribution in [0.4, 0.5) is 14.5 Å². The number of benzene rings is 2. The number of piperidine rings is 1. The molecule has 0 aliphatic carbocycles. The molecule has 1 fully saturated rings. The number of likely N-dealkylation sites (tertiary alicyclic amines) is 1. The number of amidine groups is 1. The number of hydrogen-bond donors (Lipinski definition) is 0. The number of hydrogen-bond acceptors (Lipinski definition) is 4. The third-order valence-electron chi connectivity index (χ3n) is 5.78. The first-order valence-electron chi connectivity index (χ1n) is 11.3. The molecular formula is C25H33F2N3OS. The van der Waals surface area contributed by atoms with Crippen molar-refractivity contribution in [2.75, 3.05) is 39.0 Å². The molecule has 4 nitrogen and oxygen atoms in total. The van der Waals surface area contributed by atoms with Gasteiger partial charge in [-0.2, -0.15) is 0 Å². The second kappa shape index (κ2) is 12.8. The van der Waals surface area contributed by atoms with Crippen LogP contribution in [0.3, 0.4) is 0 Å². The standard InChI is InChI=1S/C25H33F2N3OS/c1-3-30(25(32-2)28-20-9-5-4-6-10-20)21-13-16-29(17-14-21)15-7-8-18-31-22-11-12-23(26)24(27)19-22/h4-6,9-12,19,21H,3,7-8,13-18H2,1-2H3. The zero-order valence-corrected chi connectivity index (χ0v) is 19.8. The predicted molar refractivity (Wildman–Crippen MR) is 130 cm³/mol. The van der Waals surface area contributed by atoms with Crippen LogP contribution in [-0.4, -0.2) is 60.1 Å². The SMILES string of the molecule is CCN(C(=Nc1ccccc1)SC)C1CCN(CCCCOc2ccc(F)c(F)c2)CC1. The number of thioether (sulfide) groups is 1. The van der Waals surface area contributed by atoms with Gasteiger partial charge in [-0.3, -0.25) is 0 Å². The van der Waals surface area contributed by atoms with Crippen LogP contribution >= 0.6 is 11.8 Å². The minimum atomic E-state index is -0.870. The van der Waals surface area contributed by atoms with Crippen LogP contribution in [0, 0.1) is 11.6 Å². The predicted octanol–water partition coefficient (Wildman–Crippen LogP) is 5.96. The van der Waals surface area contributed by atoms with Crippen LogP contribution in [-0.2, 0) is 0 Å². The van der Waals surface area contributed by atoms with E-state index in [2.05, 4.69) is 23.0 Å². The van der Waals surface area contributed by atoms with Gasteiger partial charge < -0.3 is 14.5 Å². The number of nitrogens with zero attached hydrogens (tertiary/aromatic N) is 3. The van der Waals surface area contributed by atoms with E-state index in [1.54, 1.807) is 11.8 Å². The van der Waals surface area contributed by atoms with E-state index in [-0.39, 0.29) is 0 Å². The normalized spacial score (nSPS) is 15.7. The number of ether oxygens (including phenoxy) is 1. The van der Waals surface area contributed by atoms with Gasteiger partial charge in [0, 0.05) is 31.7 Å². The van der Waals surface area contributed by atoms with Crippen molar-refractivity contribution in [1.82, 2.24) is 9.80 Å². The second-order valence-corrected chi connectivity index (χ2v) is 8.70. The highest BCUT2D eigenvalue weighted by molar-refractivity contribution is 8.13. The van der Waals surface area contributed by atoms with Gasteiger partial charge in [-0.1, -0.05) is 30.0 Å². The Morgan fingerprint density at radius 3 is 2.50 bits per heavy atom. The summed E-state index contributed by atoms with van der Waals surface area (Å²) in [5, 5.41) is 1.09. The van der Waals surface area contributed by atoms with E-state index in [4.69, 9.17) is 9.73 Å². The molecule has 1 aliphatic rings. The Hall–Kier alpha value is -2.12. The van der Waals surface area contributed by atoms with Crippen molar-refractivity contribution in [1.29, 1.82) is 0 Å². The quantitative estimate of drug-likeness (QED) is 0.262. The zero-order valence-electron chi connectivity index (χ0n) is 19.0. The van der Waals surface area contributed by atoms with Crippen molar-refractivity contribution >= 4 is 22.6 Å². The zero-order chi connectivity index (χ0) is 22.8. The van der Waals surface area contributed by atoms with Gasteiger partial charge in [0.25, 0.3) is 0 Å². The maximum atomic E-state index is 13.2. The molecule has 2 aromatic carbocycles. The largest absolute Gasteiger partial charge is 0.493 e. The van der Waals surface area contributed by atoms with Gasteiger partial charge >= 0.3 is 0 Å². The maximum Gasteiger partial charge on any atom is 0.164 e. The van der Waals surface area contributed by atoms with Crippen molar-refractivity contribution in [2.24, 2.45) is 4.99 Å². The number of unbranched alkanes of at least 4 members (excludes halogenated alkanes) is 1. The van der Waals surface area contributed by atoms with Crippen LogP contribution in [0.25, 0.3) is 0 Å². The van der Waals surface area contributed by atoms with Gasteiger partial charge in [-0.05, 0) is 69.7 Å². The minimum Gasteiger partial charge on any atom is -0.493 e. The van der Waals surface area contributed by atoms with Gasteiger partial charge in [0.05, 0.1) is 12.3 Å². The number of halogens is 2. The molecule has 0 radical (unpaired) electrons. The first-order valence-corrected chi connectivity index (χ1v) is 12.6. The van der Waals surface area contributed by atoms with E-state index in [9.17, 15) is 8.78 Å². The second-order valence-electron chi connectivity index (χ2n) is 7.92. The molecule has 3 rings (SSSR count). The summed E-state index contributed by atoms with van der Waals surface area (Å²) in [6, 6.07) is 14.3. The minimum absolute atomic E-state index is 0.381. The Balaban J connectivity index is 1.39. The van der Waals surface area contributed by atoms with E-state index >= 15 is 0 Å². The molecule has 0 aromatic heterocycles. The highest BCUT2D eigenvalue weighted by Crippen LogP contribution is 2.23. The van der Waals surface area contributed by atoms with Gasteiger partial charge in [0.1, 0.15) is 5.75 Å². The van der Waals surface area contributed by atoms with Crippen molar-refractivity contribution in [2.45, 2.75) is 38.6 Å². The molecule has 32 heavy (non-hydrogen) atoms. The fourth-order valence-corrected chi connectivity index (χ4v) is 4.75. The molecule has 0 N–H and O–H groups in total. The Morgan fingerprint density at radius 1 is 1.09 bits per heavy atom. The van der Waals surface area contributed by atoms with Crippen LogP contribution in [0.1, 0.15) is 32.6 Å². The third kappa shape index (κ3) is 7.20. The first kappa shape index (κ1) is 24.5. The molecule has 0 amide bonds. The molecule has 0 atom stereocenters. The molecule has 0 spiro atoms. The lowest BCUT2D eigenvalue weighted by Gasteiger charge is -2.39. The Morgan fingerprint density at radius 2 is 1.84 bits per heavy atom. The molecule has 0 bridgehead atoms. The Kier molecular flexibility index (Phi) is 9.81. The van der Waals surface area contributed by atoms with Gasteiger partial charge in [-0.15, -0.1) is 0 Å². The molecule has 1 aliphatic heterocycles. The van der Waals surface area contributed by atoms with Crippen LogP contribution in [0.5, 0.6) is 5.75 Å². The fourth-order valence-electron chi connectivity index (χ4n) is 4.04. The molecular weight excluding hydrogens is 428 g/mol. The highest BCUT2D eigenvalue weighted by atomic mass is 32.2. The Bertz CT molecular complexity index is 858. The van der Waals surface area contributed by atoms with Crippen molar-refractivity contribution in [3.8, 4) is 5.75 Å². The highest BCUT2D eigenvalue weighted by Gasteiger charge is 2.25. The van der Waals surface area contributed by atoms with Crippen LogP contribution in [0.15, 0.2) is 53.5 Å². The fraction of sp³-hybridized carbons (Fsp3) is 0.480. The summed E-state index contributed by atoms with van der Waals surface area (Å²) in [5.74, 6) is -1.34. The molecule has 1 saturated heterocycles. The van der Waals surface area contributed by atoms with E-state index in [0.717, 1.165) is 74.9 Å². The van der Waals surface area contributed by atoms with Crippen LogP contribution < -0.4 is 4.74 Å². The van der Waals surface area contributed by atoms with E-state index in [1.165, 1.54) is 6.07 Å². The van der Waals surface area contributed by atoms with Crippen molar-refractivity contribution in [3.63, 3.8) is 0 Å². The lowest BCUT2D eigenvalue weighted by atomic mass is 10.0. The lowest BCUT2D eigenvalue weighted by Crippen LogP contribution is -2.46. The van der Waals surface area contributed by atoms with Crippen molar-refractivity contribution in [3.05, 3.63) is 60.2 Å². The van der Waals surface area contributed by atoms with Crippen molar-refractivity contribution < 1.29 is 13.5 Å². The van der Waals surface area contributed by atoms with E-state index in [0.29, 0.717) is 18.4 Å². The number of para-hydroxylation sites is 1. The smallest absolute Gasteiger partial charge is 0.164 e. The van der Waals surface area contributed by atoms with E-state index in [1.807, 2.05) is 30.3 Å². The molecule has 0 saturated carbocycles. The summed E-state index contributed by atoms with van der Waals surface area (Å²) in [4.78, 5) is 9.84. The maximum absolute atomic E-state index is 13.2. The summed E-state index contributed by atoms with van der Waals surface area (Å²) in [6.07, 6.45) is 6.28. The van der Waals surface area contributed by atoms with Gasteiger partial charge in [0.2, 0.25) is 0 Å². The number of aliphatic imine (C=N–C) groups is 1. The summed E-state index contributed by atoms with van der Waals surface area (Å²) in [7, 11) is 0. The summed E-state index contributed by atoms with van der Waals surface area (Å²) < 4.78 is 31.7. The topological polar surface area (TPSA) is 28.1 Å². The molecule has 174 valence electrons. The monoisotopic (exact) mass is 461 g/mol. The third-order valence-corrected chi connectivity index (χ3v) is 6.47.